The summed E-state index contributed by atoms with van der Waals surface area (Å²) in [5.41, 5.74) is 1.68. The largest absolute Gasteiger partial charge is 0.479 e. The van der Waals surface area contributed by atoms with Gasteiger partial charge >= 0.3 is 0 Å². The normalized spacial score (nSPS) is 10.0. The summed E-state index contributed by atoms with van der Waals surface area (Å²) >= 11 is 0. The fourth-order valence-electron chi connectivity index (χ4n) is 1.36. The van der Waals surface area contributed by atoms with Gasteiger partial charge < -0.3 is 4.74 Å². The van der Waals surface area contributed by atoms with Crippen LogP contribution < -0.4 is 4.74 Å². The lowest BCUT2D eigenvalue weighted by Gasteiger charge is -2.03. The fraction of sp³-hybridized carbons (Fsp3) is 0.0833. The number of aromatic nitrogens is 1. The summed E-state index contributed by atoms with van der Waals surface area (Å²) in [5, 5.41) is 0. The van der Waals surface area contributed by atoms with Gasteiger partial charge in [-0.25, -0.2) is 9.37 Å². The van der Waals surface area contributed by atoms with Gasteiger partial charge in [-0.15, -0.1) is 0 Å². The molecule has 1 heterocycles. The van der Waals surface area contributed by atoms with Crippen LogP contribution in [0.15, 0.2) is 42.6 Å². The molecule has 1 aromatic heterocycles. The molecule has 2 aromatic rings. The smallest absolute Gasteiger partial charge is 0.250 e. The average molecular weight is 203 g/mol. The van der Waals surface area contributed by atoms with E-state index in [1.54, 1.807) is 6.20 Å². The van der Waals surface area contributed by atoms with Crippen molar-refractivity contribution in [2.24, 2.45) is 0 Å². The number of methoxy groups -OCH3 is 1. The first-order valence-electron chi connectivity index (χ1n) is 4.56. The van der Waals surface area contributed by atoms with Crippen molar-refractivity contribution >= 4 is 0 Å². The highest BCUT2D eigenvalue weighted by atomic mass is 19.1. The van der Waals surface area contributed by atoms with Crippen LogP contribution in [0.3, 0.4) is 0 Å². The molecule has 0 bridgehead atoms. The van der Waals surface area contributed by atoms with E-state index >= 15 is 0 Å². The second-order valence-corrected chi connectivity index (χ2v) is 3.08. The number of benzene rings is 1. The Labute approximate surface area is 87.4 Å². The highest BCUT2D eigenvalue weighted by molar-refractivity contribution is 5.62. The zero-order valence-corrected chi connectivity index (χ0v) is 8.27. The maximum atomic E-state index is 13.3. The minimum Gasteiger partial charge on any atom is -0.479 e. The minimum absolute atomic E-state index is 0.0229. The van der Waals surface area contributed by atoms with E-state index in [2.05, 4.69) is 4.98 Å². The average Bonchev–Trinajstić information content (AvgIpc) is 2.30. The van der Waals surface area contributed by atoms with Gasteiger partial charge in [-0.05, 0) is 11.6 Å². The molecule has 1 aromatic carbocycles. The Hall–Kier alpha value is -1.90. The summed E-state index contributed by atoms with van der Waals surface area (Å²) in [4.78, 5) is 3.88. The van der Waals surface area contributed by atoms with Gasteiger partial charge in [0.05, 0.1) is 7.11 Å². The molecule has 0 aliphatic heterocycles. The van der Waals surface area contributed by atoms with Crippen LogP contribution in [0.1, 0.15) is 0 Å². The Morgan fingerprint density at radius 3 is 2.47 bits per heavy atom. The third-order valence-electron chi connectivity index (χ3n) is 2.11. The molecular formula is C12H10FNO. The maximum Gasteiger partial charge on any atom is 0.250 e. The van der Waals surface area contributed by atoms with Crippen molar-refractivity contribution in [2.45, 2.75) is 0 Å². The first-order chi connectivity index (χ1) is 7.31. The van der Waals surface area contributed by atoms with Gasteiger partial charge in [0.25, 0.3) is 0 Å². The lowest BCUT2D eigenvalue weighted by Crippen LogP contribution is -1.92. The summed E-state index contributed by atoms with van der Waals surface area (Å²) in [6.07, 6.45) is 1.59. The number of hydrogen-bond acceptors (Lipinski definition) is 2. The Kier molecular flexibility index (Phi) is 2.63. The van der Waals surface area contributed by atoms with Crippen molar-refractivity contribution in [3.05, 3.63) is 48.4 Å². The van der Waals surface area contributed by atoms with Crippen LogP contribution >= 0.6 is 0 Å². The van der Waals surface area contributed by atoms with Crippen LogP contribution in [0.5, 0.6) is 5.88 Å². The SMILES string of the molecule is COc1ncc(-c2ccccc2)cc1F. The van der Waals surface area contributed by atoms with E-state index in [0.717, 1.165) is 11.1 Å². The van der Waals surface area contributed by atoms with Gasteiger partial charge in [0, 0.05) is 11.8 Å². The zero-order chi connectivity index (χ0) is 10.7. The monoisotopic (exact) mass is 203 g/mol. The molecule has 15 heavy (non-hydrogen) atoms. The van der Waals surface area contributed by atoms with Gasteiger partial charge in [0.2, 0.25) is 5.88 Å². The van der Waals surface area contributed by atoms with Crippen LogP contribution in [0.2, 0.25) is 0 Å². The zero-order valence-electron chi connectivity index (χ0n) is 8.27. The molecule has 2 rings (SSSR count). The summed E-state index contributed by atoms with van der Waals surface area (Å²) in [7, 11) is 1.40. The first kappa shape index (κ1) is 9.65. The van der Waals surface area contributed by atoms with Crippen molar-refractivity contribution in [1.82, 2.24) is 4.98 Å². The molecule has 0 N–H and O–H groups in total. The Morgan fingerprint density at radius 1 is 1.13 bits per heavy atom. The first-order valence-corrected chi connectivity index (χ1v) is 4.56. The molecule has 0 saturated heterocycles. The predicted molar refractivity (Wildman–Crippen MR) is 56.2 cm³/mol. The number of rotatable bonds is 2. The molecule has 0 unspecified atom stereocenters. The lowest BCUT2D eigenvalue weighted by atomic mass is 10.1. The van der Waals surface area contributed by atoms with E-state index in [1.807, 2.05) is 30.3 Å². The third kappa shape index (κ3) is 1.96. The van der Waals surface area contributed by atoms with Gasteiger partial charge in [-0.2, -0.15) is 0 Å². The Balaban J connectivity index is 2.43. The van der Waals surface area contributed by atoms with Crippen molar-refractivity contribution in [3.63, 3.8) is 0 Å². The highest BCUT2D eigenvalue weighted by Gasteiger charge is 2.05. The van der Waals surface area contributed by atoms with Gasteiger partial charge in [-0.3, -0.25) is 0 Å². The summed E-state index contributed by atoms with van der Waals surface area (Å²) in [6, 6.07) is 10.9. The van der Waals surface area contributed by atoms with Crippen molar-refractivity contribution in [3.8, 4) is 17.0 Å². The number of pyridine rings is 1. The molecule has 0 radical (unpaired) electrons. The van der Waals surface area contributed by atoms with E-state index in [0.29, 0.717) is 0 Å². The van der Waals surface area contributed by atoms with Crippen molar-refractivity contribution in [2.75, 3.05) is 7.11 Å². The number of halogens is 1. The molecule has 3 heteroatoms. The van der Waals surface area contributed by atoms with Crippen molar-refractivity contribution < 1.29 is 9.13 Å². The molecule has 0 aliphatic carbocycles. The van der Waals surface area contributed by atoms with Gasteiger partial charge in [0.1, 0.15) is 0 Å². The molecule has 0 fully saturated rings. The van der Waals surface area contributed by atoms with E-state index in [1.165, 1.54) is 13.2 Å². The van der Waals surface area contributed by atoms with E-state index in [9.17, 15) is 4.39 Å². The van der Waals surface area contributed by atoms with Gasteiger partial charge in [-0.1, -0.05) is 30.3 Å². The number of hydrogen-bond donors (Lipinski definition) is 0. The number of ether oxygens (including phenoxy) is 1. The van der Waals surface area contributed by atoms with E-state index in [-0.39, 0.29) is 5.88 Å². The van der Waals surface area contributed by atoms with Crippen LogP contribution in [0.25, 0.3) is 11.1 Å². The van der Waals surface area contributed by atoms with Crippen LogP contribution in [0.4, 0.5) is 4.39 Å². The van der Waals surface area contributed by atoms with Crippen molar-refractivity contribution in [1.29, 1.82) is 0 Å². The molecule has 2 nitrogen and oxygen atoms in total. The van der Waals surface area contributed by atoms with Crippen LogP contribution in [-0.2, 0) is 0 Å². The molecular weight excluding hydrogens is 193 g/mol. The molecule has 0 saturated carbocycles. The molecule has 0 atom stereocenters. The van der Waals surface area contributed by atoms with Crippen LogP contribution in [-0.4, -0.2) is 12.1 Å². The summed E-state index contributed by atoms with van der Waals surface area (Å²) < 4.78 is 18.1. The molecule has 0 amide bonds. The van der Waals surface area contributed by atoms with E-state index < -0.39 is 5.82 Å². The predicted octanol–water partition coefficient (Wildman–Crippen LogP) is 2.90. The van der Waals surface area contributed by atoms with Crippen LogP contribution in [0, 0.1) is 5.82 Å². The minimum atomic E-state index is -0.446. The standard InChI is InChI=1S/C12H10FNO/c1-15-12-11(13)7-10(8-14-12)9-5-3-2-4-6-9/h2-8H,1H3. The van der Waals surface area contributed by atoms with Gasteiger partial charge in [0.15, 0.2) is 5.82 Å². The summed E-state index contributed by atoms with van der Waals surface area (Å²) in [6.45, 7) is 0. The third-order valence-corrected chi connectivity index (χ3v) is 2.11. The summed E-state index contributed by atoms with van der Waals surface area (Å²) in [5.74, 6) is -0.423. The highest BCUT2D eigenvalue weighted by Crippen LogP contribution is 2.22. The Morgan fingerprint density at radius 2 is 1.87 bits per heavy atom. The maximum absolute atomic E-state index is 13.3. The van der Waals surface area contributed by atoms with E-state index in [4.69, 9.17) is 4.74 Å². The molecule has 76 valence electrons. The Bertz CT molecular complexity index is 456. The second kappa shape index (κ2) is 4.09. The quantitative estimate of drug-likeness (QED) is 0.748. The number of nitrogens with zero attached hydrogens (tertiary/aromatic N) is 1. The lowest BCUT2D eigenvalue weighted by molar-refractivity contribution is 0.369. The molecule has 0 spiro atoms. The second-order valence-electron chi connectivity index (χ2n) is 3.08. The molecule has 0 aliphatic rings. The fourth-order valence-corrected chi connectivity index (χ4v) is 1.36. The topological polar surface area (TPSA) is 22.1 Å².